The number of hydrogen-bond acceptors (Lipinski definition) is 5. The standard InChI is InChI=1S/C12H13N5O2S/c1-8(10(18)15-11(13)19)20-12-16-14-7-17(12)9-5-3-2-4-6-9/h2-8H,1H3,(H3,13,15,18,19). The fraction of sp³-hybridized carbons (Fsp3) is 0.167. The van der Waals surface area contributed by atoms with Crippen LogP contribution in [-0.4, -0.2) is 32.0 Å². The van der Waals surface area contributed by atoms with Crippen molar-refractivity contribution in [2.24, 2.45) is 5.73 Å². The van der Waals surface area contributed by atoms with Gasteiger partial charge in [0.2, 0.25) is 5.91 Å². The van der Waals surface area contributed by atoms with Crippen LogP contribution in [0.25, 0.3) is 5.69 Å². The van der Waals surface area contributed by atoms with Gasteiger partial charge in [-0.3, -0.25) is 14.7 Å². The summed E-state index contributed by atoms with van der Waals surface area (Å²) < 4.78 is 1.76. The van der Waals surface area contributed by atoms with Crippen molar-refractivity contribution in [3.63, 3.8) is 0 Å². The Labute approximate surface area is 119 Å². The number of carbonyl (C=O) groups excluding carboxylic acids is 2. The van der Waals surface area contributed by atoms with Crippen molar-refractivity contribution < 1.29 is 9.59 Å². The lowest BCUT2D eigenvalue weighted by Crippen LogP contribution is -2.39. The molecule has 20 heavy (non-hydrogen) atoms. The summed E-state index contributed by atoms with van der Waals surface area (Å²) >= 11 is 1.19. The van der Waals surface area contributed by atoms with Crippen molar-refractivity contribution in [2.75, 3.05) is 0 Å². The molecular formula is C12H13N5O2S. The van der Waals surface area contributed by atoms with Crippen molar-refractivity contribution in [2.45, 2.75) is 17.3 Å². The number of aromatic nitrogens is 3. The molecule has 0 spiro atoms. The number of rotatable bonds is 4. The molecule has 0 radical (unpaired) electrons. The quantitative estimate of drug-likeness (QED) is 0.816. The minimum Gasteiger partial charge on any atom is -0.351 e. The normalized spacial score (nSPS) is 11.8. The topological polar surface area (TPSA) is 103 Å². The van der Waals surface area contributed by atoms with Crippen LogP contribution in [0.2, 0.25) is 0 Å². The summed E-state index contributed by atoms with van der Waals surface area (Å²) in [4.78, 5) is 22.3. The van der Waals surface area contributed by atoms with Crippen molar-refractivity contribution in [3.05, 3.63) is 36.7 Å². The second-order valence-corrected chi connectivity index (χ2v) is 5.24. The van der Waals surface area contributed by atoms with Crippen LogP contribution in [-0.2, 0) is 4.79 Å². The molecule has 0 bridgehead atoms. The Morgan fingerprint density at radius 3 is 2.70 bits per heavy atom. The zero-order chi connectivity index (χ0) is 14.5. The number of nitrogens with zero attached hydrogens (tertiary/aromatic N) is 3. The number of nitrogens with one attached hydrogen (secondary N) is 1. The van der Waals surface area contributed by atoms with Crippen molar-refractivity contribution in [1.82, 2.24) is 20.1 Å². The molecule has 0 aliphatic rings. The maximum Gasteiger partial charge on any atom is 0.318 e. The van der Waals surface area contributed by atoms with Crippen molar-refractivity contribution in [3.8, 4) is 5.69 Å². The first kappa shape index (κ1) is 14.1. The molecule has 1 aromatic heterocycles. The van der Waals surface area contributed by atoms with Gasteiger partial charge in [0.1, 0.15) is 6.33 Å². The maximum absolute atomic E-state index is 11.6. The molecule has 1 unspecified atom stereocenters. The van der Waals surface area contributed by atoms with Crippen LogP contribution in [0, 0.1) is 0 Å². The molecule has 1 aromatic carbocycles. The number of thioether (sulfide) groups is 1. The van der Waals surface area contributed by atoms with Gasteiger partial charge in [-0.2, -0.15) is 0 Å². The average molecular weight is 291 g/mol. The molecule has 0 fully saturated rings. The first-order valence-electron chi connectivity index (χ1n) is 5.80. The van der Waals surface area contributed by atoms with Crippen LogP contribution in [0.3, 0.4) is 0 Å². The summed E-state index contributed by atoms with van der Waals surface area (Å²) in [7, 11) is 0. The zero-order valence-electron chi connectivity index (χ0n) is 10.7. The fourth-order valence-electron chi connectivity index (χ4n) is 1.51. The molecule has 0 saturated heterocycles. The van der Waals surface area contributed by atoms with Crippen LogP contribution in [0.4, 0.5) is 4.79 Å². The Bertz CT molecular complexity index is 613. The molecule has 2 aromatic rings. The van der Waals surface area contributed by atoms with E-state index in [2.05, 4.69) is 10.2 Å². The smallest absolute Gasteiger partial charge is 0.318 e. The van der Waals surface area contributed by atoms with Gasteiger partial charge in [-0.05, 0) is 19.1 Å². The van der Waals surface area contributed by atoms with Crippen LogP contribution in [0.5, 0.6) is 0 Å². The second-order valence-electron chi connectivity index (χ2n) is 3.93. The van der Waals surface area contributed by atoms with E-state index < -0.39 is 17.2 Å². The summed E-state index contributed by atoms with van der Waals surface area (Å²) in [5.74, 6) is -0.467. The van der Waals surface area contributed by atoms with Crippen LogP contribution >= 0.6 is 11.8 Å². The summed E-state index contributed by atoms with van der Waals surface area (Å²) in [6.07, 6.45) is 1.57. The van der Waals surface area contributed by atoms with E-state index in [4.69, 9.17) is 5.73 Å². The molecule has 1 atom stereocenters. The van der Waals surface area contributed by atoms with E-state index in [1.54, 1.807) is 17.8 Å². The highest BCUT2D eigenvalue weighted by molar-refractivity contribution is 8.00. The zero-order valence-corrected chi connectivity index (χ0v) is 11.5. The van der Waals surface area contributed by atoms with E-state index in [1.807, 2.05) is 35.6 Å². The molecule has 104 valence electrons. The number of carbonyl (C=O) groups is 2. The number of amides is 3. The van der Waals surface area contributed by atoms with E-state index >= 15 is 0 Å². The SMILES string of the molecule is CC(Sc1nncn1-c1ccccc1)C(=O)NC(N)=O. The number of nitrogens with two attached hydrogens (primary N) is 1. The van der Waals surface area contributed by atoms with E-state index in [1.165, 1.54) is 11.8 Å². The molecule has 3 amide bonds. The van der Waals surface area contributed by atoms with Gasteiger partial charge < -0.3 is 5.73 Å². The highest BCUT2D eigenvalue weighted by atomic mass is 32.2. The average Bonchev–Trinajstić information content (AvgIpc) is 2.87. The van der Waals surface area contributed by atoms with Crippen LogP contribution < -0.4 is 11.1 Å². The Morgan fingerprint density at radius 1 is 1.35 bits per heavy atom. The van der Waals surface area contributed by atoms with Crippen LogP contribution in [0.15, 0.2) is 41.8 Å². The minimum atomic E-state index is -0.869. The Balaban J connectivity index is 2.13. The highest BCUT2D eigenvalue weighted by Crippen LogP contribution is 2.23. The third-order valence-electron chi connectivity index (χ3n) is 2.45. The third kappa shape index (κ3) is 3.35. The van der Waals surface area contributed by atoms with Gasteiger partial charge in [-0.1, -0.05) is 30.0 Å². The lowest BCUT2D eigenvalue weighted by atomic mass is 10.3. The van der Waals surface area contributed by atoms with Gasteiger partial charge in [-0.25, -0.2) is 4.79 Å². The summed E-state index contributed by atoms with van der Waals surface area (Å²) in [5.41, 5.74) is 5.80. The van der Waals surface area contributed by atoms with Crippen molar-refractivity contribution in [1.29, 1.82) is 0 Å². The van der Waals surface area contributed by atoms with Gasteiger partial charge in [0.15, 0.2) is 5.16 Å². The summed E-state index contributed by atoms with van der Waals surface area (Å²) in [6.45, 7) is 1.66. The summed E-state index contributed by atoms with van der Waals surface area (Å²) in [5, 5.41) is 9.89. The first-order chi connectivity index (χ1) is 9.58. The van der Waals surface area contributed by atoms with Gasteiger partial charge >= 0.3 is 6.03 Å². The molecule has 3 N–H and O–H groups in total. The number of imide groups is 1. The molecule has 1 heterocycles. The molecule has 0 aliphatic carbocycles. The predicted molar refractivity (Wildman–Crippen MR) is 74.4 cm³/mol. The van der Waals surface area contributed by atoms with Crippen molar-refractivity contribution >= 4 is 23.7 Å². The number of hydrogen-bond donors (Lipinski definition) is 2. The molecule has 8 heteroatoms. The van der Waals surface area contributed by atoms with Gasteiger partial charge in [0, 0.05) is 5.69 Å². The van der Waals surface area contributed by atoms with E-state index in [9.17, 15) is 9.59 Å². The molecule has 2 rings (SSSR count). The Morgan fingerprint density at radius 2 is 2.05 bits per heavy atom. The third-order valence-corrected chi connectivity index (χ3v) is 3.51. The van der Waals surface area contributed by atoms with Gasteiger partial charge in [0.05, 0.1) is 5.25 Å². The molecule has 7 nitrogen and oxygen atoms in total. The molecule has 0 aliphatic heterocycles. The second kappa shape index (κ2) is 6.20. The van der Waals surface area contributed by atoms with E-state index in [-0.39, 0.29) is 0 Å². The van der Waals surface area contributed by atoms with Gasteiger partial charge in [-0.15, -0.1) is 10.2 Å². The van der Waals surface area contributed by atoms with Crippen LogP contribution in [0.1, 0.15) is 6.92 Å². The first-order valence-corrected chi connectivity index (χ1v) is 6.68. The van der Waals surface area contributed by atoms with Gasteiger partial charge in [0.25, 0.3) is 0 Å². The monoisotopic (exact) mass is 291 g/mol. The van der Waals surface area contributed by atoms with E-state index in [0.717, 1.165) is 5.69 Å². The minimum absolute atomic E-state index is 0.467. The maximum atomic E-state index is 11.6. The molecular weight excluding hydrogens is 278 g/mol. The molecule has 0 saturated carbocycles. The lowest BCUT2D eigenvalue weighted by Gasteiger charge is -2.10. The largest absolute Gasteiger partial charge is 0.351 e. The number of primary amides is 1. The summed E-state index contributed by atoms with van der Waals surface area (Å²) in [6, 6.07) is 8.64. The Hall–Kier alpha value is -2.35. The Kier molecular flexibility index (Phi) is 4.36. The predicted octanol–water partition coefficient (Wildman–Crippen LogP) is 0.943. The highest BCUT2D eigenvalue weighted by Gasteiger charge is 2.19. The number of benzene rings is 1. The fourth-order valence-corrected chi connectivity index (χ4v) is 2.35. The lowest BCUT2D eigenvalue weighted by molar-refractivity contribution is -0.119. The van der Waals surface area contributed by atoms with E-state index in [0.29, 0.717) is 5.16 Å². The number of para-hydroxylation sites is 1. The number of urea groups is 1.